The van der Waals surface area contributed by atoms with Crippen molar-refractivity contribution < 1.29 is 14.3 Å². The monoisotopic (exact) mass is 294 g/mol. The van der Waals surface area contributed by atoms with Crippen LogP contribution in [-0.4, -0.2) is 44.7 Å². The summed E-state index contributed by atoms with van der Waals surface area (Å²) in [5, 5.41) is 0. The molecule has 1 amide bonds. The minimum absolute atomic E-state index is 0.0774. The third kappa shape index (κ3) is 4.63. The topological polar surface area (TPSA) is 64.8 Å². The largest absolute Gasteiger partial charge is 0.496 e. The number of carbonyl (C=O) groups excluding carboxylic acids is 1. The van der Waals surface area contributed by atoms with Gasteiger partial charge < -0.3 is 20.1 Å². The molecule has 0 aromatic heterocycles. The van der Waals surface area contributed by atoms with Crippen molar-refractivity contribution in [3.8, 4) is 11.5 Å². The van der Waals surface area contributed by atoms with Gasteiger partial charge in [-0.25, -0.2) is 0 Å². The smallest absolute Gasteiger partial charge is 0.261 e. The predicted molar refractivity (Wildman–Crippen MR) is 84.0 cm³/mol. The first-order chi connectivity index (χ1) is 10.0. The van der Waals surface area contributed by atoms with Crippen molar-refractivity contribution in [2.75, 3.05) is 33.9 Å². The minimum atomic E-state index is -0.0774. The highest BCUT2D eigenvalue weighted by atomic mass is 16.5. The number of carbonyl (C=O) groups is 1. The van der Waals surface area contributed by atoms with Crippen molar-refractivity contribution in [3.63, 3.8) is 0 Å². The van der Waals surface area contributed by atoms with Gasteiger partial charge in [-0.1, -0.05) is 19.9 Å². The van der Waals surface area contributed by atoms with Crippen LogP contribution < -0.4 is 15.2 Å². The lowest BCUT2D eigenvalue weighted by Gasteiger charge is -2.26. The number of ether oxygens (including phenoxy) is 2. The number of hydrogen-bond donors (Lipinski definition) is 1. The van der Waals surface area contributed by atoms with Crippen molar-refractivity contribution in [3.05, 3.63) is 23.8 Å². The first kappa shape index (κ1) is 17.3. The second kappa shape index (κ2) is 8.52. The maximum Gasteiger partial charge on any atom is 0.261 e. The number of nitrogens with two attached hydrogens (primary N) is 1. The summed E-state index contributed by atoms with van der Waals surface area (Å²) in [5.74, 6) is 1.36. The van der Waals surface area contributed by atoms with E-state index in [1.54, 1.807) is 32.4 Å². The van der Waals surface area contributed by atoms with Crippen LogP contribution in [0.15, 0.2) is 18.2 Å². The number of amides is 1. The van der Waals surface area contributed by atoms with Gasteiger partial charge in [0.25, 0.3) is 5.91 Å². The molecule has 1 aromatic rings. The van der Waals surface area contributed by atoms with E-state index in [0.717, 1.165) is 6.42 Å². The highest BCUT2D eigenvalue weighted by Gasteiger charge is 2.24. The van der Waals surface area contributed by atoms with Crippen molar-refractivity contribution in [2.24, 2.45) is 11.7 Å². The molecule has 0 aliphatic rings. The van der Waals surface area contributed by atoms with E-state index in [0.29, 0.717) is 42.6 Å². The van der Waals surface area contributed by atoms with E-state index >= 15 is 0 Å². The zero-order valence-electron chi connectivity index (χ0n) is 13.4. The molecule has 2 N–H and O–H groups in total. The van der Waals surface area contributed by atoms with E-state index in [9.17, 15) is 4.79 Å². The van der Waals surface area contributed by atoms with E-state index in [4.69, 9.17) is 15.2 Å². The van der Waals surface area contributed by atoms with Crippen LogP contribution in [0.25, 0.3) is 0 Å². The highest BCUT2D eigenvalue weighted by molar-refractivity contribution is 5.99. The summed E-state index contributed by atoms with van der Waals surface area (Å²) in [6, 6.07) is 5.35. The molecule has 0 atom stereocenters. The molecule has 0 aliphatic heterocycles. The minimum Gasteiger partial charge on any atom is -0.496 e. The average molecular weight is 294 g/mol. The fraction of sp³-hybridized carbons (Fsp3) is 0.562. The van der Waals surface area contributed by atoms with Gasteiger partial charge in [-0.2, -0.15) is 0 Å². The molecular formula is C16H26N2O3. The van der Waals surface area contributed by atoms with Gasteiger partial charge in [-0.15, -0.1) is 0 Å². The van der Waals surface area contributed by atoms with Crippen LogP contribution in [-0.2, 0) is 0 Å². The summed E-state index contributed by atoms with van der Waals surface area (Å²) >= 11 is 0. The number of benzene rings is 1. The molecule has 0 unspecified atom stereocenters. The van der Waals surface area contributed by atoms with E-state index in [-0.39, 0.29) is 5.91 Å². The Morgan fingerprint density at radius 2 is 1.81 bits per heavy atom. The zero-order chi connectivity index (χ0) is 15.8. The second-order valence-electron chi connectivity index (χ2n) is 5.32. The maximum absolute atomic E-state index is 12.9. The predicted octanol–water partition coefficient (Wildman–Crippen LogP) is 2.15. The lowest BCUT2D eigenvalue weighted by molar-refractivity contribution is 0.0728. The van der Waals surface area contributed by atoms with Gasteiger partial charge in [0.2, 0.25) is 0 Å². The van der Waals surface area contributed by atoms with E-state index in [2.05, 4.69) is 13.8 Å². The summed E-state index contributed by atoms with van der Waals surface area (Å²) in [5.41, 5.74) is 6.04. The quantitative estimate of drug-likeness (QED) is 0.798. The van der Waals surface area contributed by atoms with Crippen LogP contribution in [0.2, 0.25) is 0 Å². The molecular weight excluding hydrogens is 268 g/mol. The first-order valence-corrected chi connectivity index (χ1v) is 7.25. The number of rotatable bonds is 8. The molecule has 0 bridgehead atoms. The van der Waals surface area contributed by atoms with Crippen LogP contribution >= 0.6 is 0 Å². The van der Waals surface area contributed by atoms with Gasteiger partial charge in [-0.05, 0) is 31.0 Å². The Kier molecular flexibility index (Phi) is 7.02. The van der Waals surface area contributed by atoms with E-state index in [1.165, 1.54) is 0 Å². The molecule has 0 aliphatic carbocycles. The summed E-state index contributed by atoms with van der Waals surface area (Å²) in [7, 11) is 3.11. The van der Waals surface area contributed by atoms with Gasteiger partial charge in [0.15, 0.2) is 0 Å². The van der Waals surface area contributed by atoms with Crippen LogP contribution in [0.4, 0.5) is 0 Å². The highest BCUT2D eigenvalue weighted by Crippen LogP contribution is 2.29. The second-order valence-corrected chi connectivity index (χ2v) is 5.32. The molecule has 0 spiro atoms. The Morgan fingerprint density at radius 3 is 2.24 bits per heavy atom. The van der Waals surface area contributed by atoms with Crippen molar-refractivity contribution in [2.45, 2.75) is 20.3 Å². The zero-order valence-corrected chi connectivity index (χ0v) is 13.4. The molecule has 5 nitrogen and oxygen atoms in total. The molecule has 0 saturated heterocycles. The summed E-state index contributed by atoms with van der Waals surface area (Å²) in [6.45, 7) is 6.05. The van der Waals surface area contributed by atoms with Crippen LogP contribution in [0.5, 0.6) is 11.5 Å². The molecule has 0 fully saturated rings. The van der Waals surface area contributed by atoms with Crippen molar-refractivity contribution >= 4 is 5.91 Å². The Balaban J connectivity index is 3.12. The molecule has 1 rings (SSSR count). The SMILES string of the molecule is COc1cccc(OC)c1C(=O)N(CCCN)CC(C)C. The molecule has 0 saturated carbocycles. The first-order valence-electron chi connectivity index (χ1n) is 7.25. The van der Waals surface area contributed by atoms with Gasteiger partial charge >= 0.3 is 0 Å². The number of hydrogen-bond acceptors (Lipinski definition) is 4. The Bertz CT molecular complexity index is 439. The van der Waals surface area contributed by atoms with E-state index < -0.39 is 0 Å². The molecule has 5 heteroatoms. The summed E-state index contributed by atoms with van der Waals surface area (Å²) in [4.78, 5) is 14.7. The average Bonchev–Trinajstić information content (AvgIpc) is 2.49. The lowest BCUT2D eigenvalue weighted by Crippen LogP contribution is -2.36. The Hall–Kier alpha value is -1.75. The lowest BCUT2D eigenvalue weighted by atomic mass is 10.1. The molecule has 118 valence electrons. The van der Waals surface area contributed by atoms with Crippen LogP contribution in [0.3, 0.4) is 0 Å². The van der Waals surface area contributed by atoms with E-state index in [1.807, 2.05) is 4.90 Å². The van der Waals surface area contributed by atoms with Gasteiger partial charge in [-0.3, -0.25) is 4.79 Å². The third-order valence-corrected chi connectivity index (χ3v) is 3.15. The molecule has 1 aromatic carbocycles. The summed E-state index contributed by atoms with van der Waals surface area (Å²) in [6.07, 6.45) is 0.774. The standard InChI is InChI=1S/C16H26N2O3/c1-12(2)11-18(10-6-9-17)16(19)15-13(20-3)7-5-8-14(15)21-4/h5,7-8,12H,6,9-11,17H2,1-4H3. The molecule has 21 heavy (non-hydrogen) atoms. The van der Waals surface area contributed by atoms with Gasteiger partial charge in [0.1, 0.15) is 17.1 Å². The van der Waals surface area contributed by atoms with Crippen molar-refractivity contribution in [1.82, 2.24) is 4.90 Å². The normalized spacial score (nSPS) is 10.6. The molecule has 0 radical (unpaired) electrons. The Morgan fingerprint density at radius 1 is 1.24 bits per heavy atom. The van der Waals surface area contributed by atoms with Crippen LogP contribution in [0, 0.1) is 5.92 Å². The maximum atomic E-state index is 12.9. The third-order valence-electron chi connectivity index (χ3n) is 3.15. The fourth-order valence-corrected chi connectivity index (χ4v) is 2.22. The van der Waals surface area contributed by atoms with Crippen molar-refractivity contribution in [1.29, 1.82) is 0 Å². The number of nitrogens with zero attached hydrogens (tertiary/aromatic N) is 1. The van der Waals surface area contributed by atoms with Gasteiger partial charge in [0, 0.05) is 13.1 Å². The Labute approximate surface area is 127 Å². The number of methoxy groups -OCH3 is 2. The fourth-order valence-electron chi connectivity index (χ4n) is 2.22. The molecule has 0 heterocycles. The van der Waals surface area contributed by atoms with Gasteiger partial charge in [0.05, 0.1) is 14.2 Å². The van der Waals surface area contributed by atoms with Crippen LogP contribution in [0.1, 0.15) is 30.6 Å². The summed E-state index contributed by atoms with van der Waals surface area (Å²) < 4.78 is 10.6.